The van der Waals surface area contributed by atoms with Gasteiger partial charge in [0.25, 0.3) is 0 Å². The molecule has 0 saturated heterocycles. The fourth-order valence-corrected chi connectivity index (χ4v) is 1.08. The third-order valence-corrected chi connectivity index (χ3v) is 1.73. The van der Waals surface area contributed by atoms with Gasteiger partial charge in [-0.2, -0.15) is 25.3 Å². The first-order valence-corrected chi connectivity index (χ1v) is 3.96. The van der Waals surface area contributed by atoms with Gasteiger partial charge in [0.1, 0.15) is 0 Å². The first kappa shape index (κ1) is 9.17. The molecule has 0 saturated carbocycles. The maximum Gasteiger partial charge on any atom is 0.217 e. The Morgan fingerprint density at radius 2 is 2.00 bits per heavy atom. The van der Waals surface area contributed by atoms with Crippen LogP contribution in [0.5, 0.6) is 0 Å². The van der Waals surface area contributed by atoms with Crippen molar-refractivity contribution >= 4 is 31.2 Å². The molecule has 0 spiro atoms. The SMILES string of the molecule is CC(=O)NC(CS)CS. The van der Waals surface area contributed by atoms with Crippen LogP contribution in [0.15, 0.2) is 0 Å². The monoisotopic (exact) mass is 165 g/mol. The van der Waals surface area contributed by atoms with Crippen molar-refractivity contribution < 1.29 is 4.79 Å². The first-order chi connectivity index (χ1) is 4.20. The van der Waals surface area contributed by atoms with Crippen LogP contribution >= 0.6 is 25.3 Å². The molecule has 9 heavy (non-hydrogen) atoms. The van der Waals surface area contributed by atoms with Crippen molar-refractivity contribution in [1.82, 2.24) is 5.32 Å². The number of thiol groups is 2. The summed E-state index contributed by atoms with van der Waals surface area (Å²) in [5.74, 6) is 1.26. The van der Waals surface area contributed by atoms with E-state index in [9.17, 15) is 4.79 Å². The minimum Gasteiger partial charge on any atom is -0.352 e. The largest absolute Gasteiger partial charge is 0.352 e. The van der Waals surface area contributed by atoms with E-state index in [1.54, 1.807) is 0 Å². The molecule has 2 nitrogen and oxygen atoms in total. The van der Waals surface area contributed by atoms with Gasteiger partial charge < -0.3 is 5.32 Å². The van der Waals surface area contributed by atoms with Crippen LogP contribution in [0.2, 0.25) is 0 Å². The van der Waals surface area contributed by atoms with E-state index in [0.29, 0.717) is 11.5 Å². The summed E-state index contributed by atoms with van der Waals surface area (Å²) in [6.07, 6.45) is 0. The Labute approximate surface area is 66.2 Å². The summed E-state index contributed by atoms with van der Waals surface area (Å²) in [6.45, 7) is 1.49. The fourth-order valence-electron chi connectivity index (χ4n) is 0.436. The van der Waals surface area contributed by atoms with E-state index < -0.39 is 0 Å². The number of hydrogen-bond donors (Lipinski definition) is 3. The van der Waals surface area contributed by atoms with Crippen LogP contribution in [-0.4, -0.2) is 23.5 Å². The van der Waals surface area contributed by atoms with E-state index in [1.807, 2.05) is 0 Å². The van der Waals surface area contributed by atoms with Gasteiger partial charge in [0.2, 0.25) is 5.91 Å². The van der Waals surface area contributed by atoms with Gasteiger partial charge in [-0.1, -0.05) is 0 Å². The third-order valence-electron chi connectivity index (χ3n) is 0.848. The molecule has 0 unspecified atom stereocenters. The Morgan fingerprint density at radius 3 is 2.11 bits per heavy atom. The molecule has 0 atom stereocenters. The topological polar surface area (TPSA) is 29.1 Å². The second-order valence-corrected chi connectivity index (χ2v) is 2.49. The van der Waals surface area contributed by atoms with Gasteiger partial charge in [-0.05, 0) is 0 Å². The second-order valence-electron chi connectivity index (χ2n) is 1.76. The maximum absolute atomic E-state index is 10.4. The molecule has 0 radical (unpaired) electrons. The number of amides is 1. The highest BCUT2D eigenvalue weighted by molar-refractivity contribution is 7.81. The lowest BCUT2D eigenvalue weighted by Gasteiger charge is -2.10. The molecule has 0 aliphatic carbocycles. The molecule has 0 aromatic carbocycles. The number of carbonyl (C=O) groups excluding carboxylic acids is 1. The highest BCUT2D eigenvalue weighted by atomic mass is 32.1. The maximum atomic E-state index is 10.4. The van der Waals surface area contributed by atoms with Crippen molar-refractivity contribution in [3.05, 3.63) is 0 Å². The summed E-state index contributed by atoms with van der Waals surface area (Å²) in [5.41, 5.74) is 0. The molecular formula is C5H11NOS2. The average Bonchev–Trinajstić information content (AvgIpc) is 1.82. The Morgan fingerprint density at radius 1 is 1.56 bits per heavy atom. The quantitative estimate of drug-likeness (QED) is 0.518. The lowest BCUT2D eigenvalue weighted by molar-refractivity contribution is -0.119. The van der Waals surface area contributed by atoms with Crippen molar-refractivity contribution in [2.45, 2.75) is 13.0 Å². The highest BCUT2D eigenvalue weighted by Crippen LogP contribution is 1.89. The van der Waals surface area contributed by atoms with E-state index in [0.717, 1.165) is 0 Å². The summed E-state index contributed by atoms with van der Waals surface area (Å²) >= 11 is 8.01. The van der Waals surface area contributed by atoms with Crippen molar-refractivity contribution in [2.75, 3.05) is 11.5 Å². The van der Waals surface area contributed by atoms with Crippen LogP contribution in [0.4, 0.5) is 0 Å². The Hall–Kier alpha value is 0.170. The van der Waals surface area contributed by atoms with Crippen LogP contribution in [0.25, 0.3) is 0 Å². The van der Waals surface area contributed by atoms with Crippen LogP contribution in [0.1, 0.15) is 6.92 Å². The Kier molecular flexibility index (Phi) is 5.09. The zero-order valence-corrected chi connectivity index (χ0v) is 7.08. The van der Waals surface area contributed by atoms with Crippen LogP contribution in [0.3, 0.4) is 0 Å². The van der Waals surface area contributed by atoms with Crippen molar-refractivity contribution in [3.8, 4) is 0 Å². The summed E-state index contributed by atoms with van der Waals surface area (Å²) in [5, 5.41) is 2.69. The minimum atomic E-state index is -0.0249. The van der Waals surface area contributed by atoms with Gasteiger partial charge >= 0.3 is 0 Å². The fraction of sp³-hybridized carbons (Fsp3) is 0.800. The zero-order chi connectivity index (χ0) is 7.28. The molecule has 1 amide bonds. The van der Waals surface area contributed by atoms with Gasteiger partial charge in [0.05, 0.1) is 0 Å². The molecule has 4 heteroatoms. The predicted octanol–water partition coefficient (Wildman–Crippen LogP) is 0.351. The Balaban J connectivity index is 3.43. The highest BCUT2D eigenvalue weighted by Gasteiger charge is 2.03. The van der Waals surface area contributed by atoms with Crippen LogP contribution < -0.4 is 5.32 Å². The van der Waals surface area contributed by atoms with Crippen LogP contribution in [0, 0.1) is 0 Å². The first-order valence-electron chi connectivity index (χ1n) is 2.69. The van der Waals surface area contributed by atoms with Gasteiger partial charge in [-0.25, -0.2) is 0 Å². The smallest absolute Gasteiger partial charge is 0.217 e. The summed E-state index contributed by atoms with van der Waals surface area (Å²) < 4.78 is 0. The molecule has 0 aromatic heterocycles. The molecule has 0 aromatic rings. The van der Waals surface area contributed by atoms with E-state index in [-0.39, 0.29) is 11.9 Å². The zero-order valence-electron chi connectivity index (χ0n) is 5.29. The van der Waals surface area contributed by atoms with E-state index in [2.05, 4.69) is 30.6 Å². The predicted molar refractivity (Wildman–Crippen MR) is 45.3 cm³/mol. The Bertz CT molecular complexity index is 93.0. The van der Waals surface area contributed by atoms with Crippen molar-refractivity contribution in [3.63, 3.8) is 0 Å². The van der Waals surface area contributed by atoms with E-state index in [1.165, 1.54) is 6.92 Å². The van der Waals surface area contributed by atoms with Crippen molar-refractivity contribution in [1.29, 1.82) is 0 Å². The summed E-state index contributed by atoms with van der Waals surface area (Å²) in [7, 11) is 0. The molecule has 0 fully saturated rings. The van der Waals surface area contributed by atoms with Gasteiger partial charge in [-0.15, -0.1) is 0 Å². The molecule has 0 aliphatic rings. The normalized spacial score (nSPS) is 9.78. The van der Waals surface area contributed by atoms with Gasteiger partial charge in [0.15, 0.2) is 0 Å². The summed E-state index contributed by atoms with van der Waals surface area (Å²) in [6, 6.07) is 0.106. The van der Waals surface area contributed by atoms with E-state index >= 15 is 0 Å². The minimum absolute atomic E-state index is 0.0249. The number of hydrogen-bond acceptors (Lipinski definition) is 3. The van der Waals surface area contributed by atoms with Crippen molar-refractivity contribution in [2.24, 2.45) is 0 Å². The molecular weight excluding hydrogens is 154 g/mol. The third kappa shape index (κ3) is 4.66. The van der Waals surface area contributed by atoms with Gasteiger partial charge in [-0.3, -0.25) is 4.79 Å². The van der Waals surface area contributed by atoms with Gasteiger partial charge in [0, 0.05) is 24.5 Å². The molecule has 1 N–H and O–H groups in total. The second kappa shape index (κ2) is 4.99. The standard InChI is InChI=1S/C5H11NOS2/c1-4(7)6-5(2-8)3-9/h5,8-9H,2-3H2,1H3,(H,6,7). The molecule has 0 aliphatic heterocycles. The lowest BCUT2D eigenvalue weighted by atomic mass is 10.4. The van der Waals surface area contributed by atoms with Crippen LogP contribution in [-0.2, 0) is 4.79 Å². The number of nitrogens with one attached hydrogen (secondary N) is 1. The number of rotatable bonds is 3. The summed E-state index contributed by atoms with van der Waals surface area (Å²) in [4.78, 5) is 10.4. The molecule has 0 heterocycles. The molecule has 0 rings (SSSR count). The molecule has 54 valence electrons. The molecule has 0 bridgehead atoms. The average molecular weight is 165 g/mol. The number of carbonyl (C=O) groups is 1. The lowest BCUT2D eigenvalue weighted by Crippen LogP contribution is -2.35. The van der Waals surface area contributed by atoms with E-state index in [4.69, 9.17) is 0 Å².